The third-order valence-corrected chi connectivity index (χ3v) is 3.61. The standard InChI is InChI=1S/C13H14N4O3S/c1-2-9-12(21-16-15-9)13(20)17(7-11(18)19)10-6-4-3-5-8(10)14/h3-6H,2,7,14H2,1H3,(H,18,19). The van der Waals surface area contributed by atoms with E-state index in [0.717, 1.165) is 16.4 Å². The number of carboxylic acids is 1. The summed E-state index contributed by atoms with van der Waals surface area (Å²) in [5, 5.41) is 12.9. The van der Waals surface area contributed by atoms with Gasteiger partial charge in [0.15, 0.2) is 0 Å². The first kappa shape index (κ1) is 14.9. The Labute approximate surface area is 125 Å². The average molecular weight is 306 g/mol. The van der Waals surface area contributed by atoms with Gasteiger partial charge < -0.3 is 10.8 Å². The number of hydrogen-bond acceptors (Lipinski definition) is 6. The lowest BCUT2D eigenvalue weighted by Gasteiger charge is -2.21. The van der Waals surface area contributed by atoms with E-state index in [1.807, 2.05) is 6.92 Å². The van der Waals surface area contributed by atoms with E-state index in [1.54, 1.807) is 24.3 Å². The van der Waals surface area contributed by atoms with Crippen molar-refractivity contribution in [3.8, 4) is 0 Å². The molecule has 0 saturated carbocycles. The molecule has 21 heavy (non-hydrogen) atoms. The van der Waals surface area contributed by atoms with Crippen LogP contribution in [0.5, 0.6) is 0 Å². The van der Waals surface area contributed by atoms with Crippen LogP contribution in [0.15, 0.2) is 24.3 Å². The minimum atomic E-state index is -1.12. The minimum absolute atomic E-state index is 0.335. The number of para-hydroxylation sites is 2. The highest BCUT2D eigenvalue weighted by Crippen LogP contribution is 2.25. The van der Waals surface area contributed by atoms with Crippen molar-refractivity contribution in [1.29, 1.82) is 0 Å². The van der Waals surface area contributed by atoms with Crippen LogP contribution < -0.4 is 10.6 Å². The van der Waals surface area contributed by atoms with Crippen LogP contribution in [0.25, 0.3) is 0 Å². The number of rotatable bonds is 5. The first-order valence-corrected chi connectivity index (χ1v) is 7.01. The van der Waals surface area contributed by atoms with E-state index >= 15 is 0 Å². The topological polar surface area (TPSA) is 109 Å². The highest BCUT2D eigenvalue weighted by Gasteiger charge is 2.26. The molecule has 2 aromatic rings. The van der Waals surface area contributed by atoms with Gasteiger partial charge in [0.1, 0.15) is 11.4 Å². The Hall–Kier alpha value is -2.48. The molecule has 0 saturated heterocycles. The number of amides is 1. The summed E-state index contributed by atoms with van der Waals surface area (Å²) in [5.41, 5.74) is 7.09. The fraction of sp³-hybridized carbons (Fsp3) is 0.231. The second-order valence-corrected chi connectivity index (χ2v) is 5.00. The van der Waals surface area contributed by atoms with Crippen molar-refractivity contribution in [2.75, 3.05) is 17.2 Å². The lowest BCUT2D eigenvalue weighted by atomic mass is 10.2. The van der Waals surface area contributed by atoms with Crippen LogP contribution in [0.4, 0.5) is 11.4 Å². The van der Waals surface area contributed by atoms with Gasteiger partial charge in [0.05, 0.1) is 17.1 Å². The van der Waals surface area contributed by atoms with E-state index in [9.17, 15) is 9.59 Å². The van der Waals surface area contributed by atoms with Crippen molar-refractivity contribution in [3.05, 3.63) is 34.8 Å². The molecule has 1 amide bonds. The van der Waals surface area contributed by atoms with E-state index in [1.165, 1.54) is 0 Å². The van der Waals surface area contributed by atoms with Crippen LogP contribution in [0.2, 0.25) is 0 Å². The molecule has 2 rings (SSSR count). The third-order valence-electron chi connectivity index (χ3n) is 2.85. The molecular weight excluding hydrogens is 292 g/mol. The lowest BCUT2D eigenvalue weighted by molar-refractivity contribution is -0.135. The number of hydrogen-bond donors (Lipinski definition) is 2. The molecule has 3 N–H and O–H groups in total. The Morgan fingerprint density at radius 3 is 2.71 bits per heavy atom. The minimum Gasteiger partial charge on any atom is -0.480 e. The Bertz CT molecular complexity index is 671. The molecule has 0 radical (unpaired) electrons. The van der Waals surface area contributed by atoms with Crippen molar-refractivity contribution in [2.45, 2.75) is 13.3 Å². The maximum Gasteiger partial charge on any atom is 0.323 e. The monoisotopic (exact) mass is 306 g/mol. The molecule has 0 atom stereocenters. The van der Waals surface area contributed by atoms with Gasteiger partial charge in [-0.2, -0.15) is 0 Å². The zero-order valence-electron chi connectivity index (χ0n) is 11.3. The molecule has 0 aliphatic carbocycles. The van der Waals surface area contributed by atoms with Gasteiger partial charge in [-0.3, -0.25) is 14.5 Å². The van der Waals surface area contributed by atoms with Gasteiger partial charge in [-0.1, -0.05) is 23.5 Å². The number of nitrogens with zero attached hydrogens (tertiary/aromatic N) is 3. The number of aryl methyl sites for hydroxylation is 1. The average Bonchev–Trinajstić information content (AvgIpc) is 2.93. The van der Waals surface area contributed by atoms with Crippen LogP contribution in [-0.2, 0) is 11.2 Å². The number of nitrogen functional groups attached to an aromatic ring is 1. The summed E-state index contributed by atoms with van der Waals surface area (Å²) in [6.45, 7) is 1.38. The summed E-state index contributed by atoms with van der Waals surface area (Å²) >= 11 is 0.952. The van der Waals surface area contributed by atoms with E-state index in [4.69, 9.17) is 10.8 Å². The van der Waals surface area contributed by atoms with Gasteiger partial charge in [0.25, 0.3) is 5.91 Å². The highest BCUT2D eigenvalue weighted by molar-refractivity contribution is 7.08. The normalized spacial score (nSPS) is 10.3. The quantitative estimate of drug-likeness (QED) is 0.808. The molecule has 110 valence electrons. The van der Waals surface area contributed by atoms with Crippen molar-refractivity contribution in [2.24, 2.45) is 0 Å². The van der Waals surface area contributed by atoms with Gasteiger partial charge in [-0.25, -0.2) is 0 Å². The summed E-state index contributed by atoms with van der Waals surface area (Å²) in [6.07, 6.45) is 0.544. The molecule has 0 bridgehead atoms. The molecule has 7 nitrogen and oxygen atoms in total. The highest BCUT2D eigenvalue weighted by atomic mass is 32.1. The van der Waals surface area contributed by atoms with Crippen LogP contribution in [-0.4, -0.2) is 33.1 Å². The molecule has 8 heteroatoms. The van der Waals surface area contributed by atoms with Crippen molar-refractivity contribution < 1.29 is 14.7 Å². The second-order valence-electron chi connectivity index (χ2n) is 4.25. The predicted molar refractivity (Wildman–Crippen MR) is 79.5 cm³/mol. The molecule has 1 heterocycles. The summed E-state index contributed by atoms with van der Waals surface area (Å²) in [4.78, 5) is 25.1. The van der Waals surface area contributed by atoms with E-state index < -0.39 is 18.4 Å². The first-order chi connectivity index (χ1) is 10.0. The van der Waals surface area contributed by atoms with Crippen molar-refractivity contribution in [3.63, 3.8) is 0 Å². The van der Waals surface area contributed by atoms with Crippen molar-refractivity contribution in [1.82, 2.24) is 9.59 Å². The van der Waals surface area contributed by atoms with E-state index in [-0.39, 0.29) is 0 Å². The van der Waals surface area contributed by atoms with Crippen LogP contribution in [0.3, 0.4) is 0 Å². The number of nitrogens with two attached hydrogens (primary N) is 1. The fourth-order valence-electron chi connectivity index (χ4n) is 1.86. The number of carbonyl (C=O) groups is 2. The lowest BCUT2D eigenvalue weighted by Crippen LogP contribution is -2.36. The SMILES string of the molecule is CCc1nnsc1C(=O)N(CC(=O)O)c1ccccc1N. The second kappa shape index (κ2) is 6.31. The largest absolute Gasteiger partial charge is 0.480 e. The van der Waals surface area contributed by atoms with Crippen molar-refractivity contribution >= 4 is 34.8 Å². The zero-order valence-corrected chi connectivity index (χ0v) is 12.1. The van der Waals surface area contributed by atoms with Gasteiger partial charge >= 0.3 is 5.97 Å². The number of carboxylic acid groups (broad SMARTS) is 1. The van der Waals surface area contributed by atoms with Crippen LogP contribution in [0, 0.1) is 0 Å². The maximum atomic E-state index is 12.6. The molecular formula is C13H14N4O3S. The molecule has 0 aliphatic rings. The molecule has 1 aromatic carbocycles. The molecule has 0 fully saturated rings. The van der Waals surface area contributed by atoms with Crippen LogP contribution in [0.1, 0.15) is 22.3 Å². The Kier molecular flexibility index (Phi) is 4.49. The van der Waals surface area contributed by atoms with Gasteiger partial charge in [-0.15, -0.1) is 5.10 Å². The summed E-state index contributed by atoms with van der Waals surface area (Å²) in [5.74, 6) is -1.58. The summed E-state index contributed by atoms with van der Waals surface area (Å²) < 4.78 is 3.76. The Balaban J connectivity index is 2.44. The number of carbonyl (C=O) groups excluding carboxylic acids is 1. The fourth-order valence-corrected chi connectivity index (χ4v) is 2.56. The Morgan fingerprint density at radius 2 is 2.10 bits per heavy atom. The van der Waals surface area contributed by atoms with Gasteiger partial charge in [0.2, 0.25) is 0 Å². The first-order valence-electron chi connectivity index (χ1n) is 6.24. The zero-order chi connectivity index (χ0) is 15.4. The predicted octanol–water partition coefficient (Wildman–Crippen LogP) is 1.41. The number of aliphatic carboxylic acids is 1. The Morgan fingerprint density at radius 1 is 1.38 bits per heavy atom. The van der Waals surface area contributed by atoms with Crippen LogP contribution >= 0.6 is 11.5 Å². The summed E-state index contributed by atoms with van der Waals surface area (Å²) in [6, 6.07) is 6.63. The molecule has 1 aromatic heterocycles. The van der Waals surface area contributed by atoms with Gasteiger partial charge in [0, 0.05) is 0 Å². The summed E-state index contributed by atoms with van der Waals surface area (Å²) in [7, 11) is 0. The molecule has 0 spiro atoms. The number of benzene rings is 1. The van der Waals surface area contributed by atoms with Gasteiger partial charge in [-0.05, 0) is 30.1 Å². The van der Waals surface area contributed by atoms with E-state index in [0.29, 0.717) is 28.4 Å². The molecule has 0 unspecified atom stereocenters. The molecule has 0 aliphatic heterocycles. The smallest absolute Gasteiger partial charge is 0.323 e. The number of anilines is 2. The van der Waals surface area contributed by atoms with E-state index in [2.05, 4.69) is 9.59 Å². The number of aromatic nitrogens is 2. The maximum absolute atomic E-state index is 12.6. The third kappa shape index (κ3) is 3.16.